The first-order chi connectivity index (χ1) is 10.8. The van der Waals surface area contributed by atoms with Crippen LogP contribution in [0.15, 0.2) is 18.2 Å². The van der Waals surface area contributed by atoms with Crippen LogP contribution in [0.5, 0.6) is 11.5 Å². The van der Waals surface area contributed by atoms with E-state index in [0.717, 1.165) is 23.6 Å². The van der Waals surface area contributed by atoms with Gasteiger partial charge in [-0.3, -0.25) is 4.79 Å². The van der Waals surface area contributed by atoms with E-state index in [1.54, 1.807) is 14.2 Å². The van der Waals surface area contributed by atoms with Gasteiger partial charge in [-0.2, -0.15) is 0 Å². The van der Waals surface area contributed by atoms with Crippen molar-refractivity contribution in [2.45, 2.75) is 26.7 Å². The fourth-order valence-corrected chi connectivity index (χ4v) is 2.66. The first-order valence-corrected chi connectivity index (χ1v) is 7.90. The van der Waals surface area contributed by atoms with Crippen LogP contribution in [-0.2, 0) is 11.2 Å². The molecule has 1 amide bonds. The maximum Gasteiger partial charge on any atom is 0.220 e. The van der Waals surface area contributed by atoms with Crippen molar-refractivity contribution in [2.75, 3.05) is 41.4 Å². The third-order valence-corrected chi connectivity index (χ3v) is 3.62. The van der Waals surface area contributed by atoms with E-state index in [0.29, 0.717) is 19.4 Å². The third-order valence-electron chi connectivity index (χ3n) is 3.62. The lowest BCUT2D eigenvalue weighted by Crippen LogP contribution is -2.40. The van der Waals surface area contributed by atoms with Crippen LogP contribution in [0.25, 0.3) is 0 Å². The molecule has 5 nitrogen and oxygen atoms in total. The topological polar surface area (TPSA) is 50.8 Å². The Morgan fingerprint density at radius 1 is 1.22 bits per heavy atom. The Morgan fingerprint density at radius 3 is 2.48 bits per heavy atom. The van der Waals surface area contributed by atoms with Gasteiger partial charge < -0.3 is 19.7 Å². The molecule has 1 aromatic carbocycles. The largest absolute Gasteiger partial charge is 0.497 e. The molecule has 0 spiro atoms. The molecule has 1 N–H and O–H groups in total. The van der Waals surface area contributed by atoms with Gasteiger partial charge in [0.05, 0.1) is 14.2 Å². The molecule has 0 aliphatic rings. The number of carbonyl (C=O) groups is 1. The lowest BCUT2D eigenvalue weighted by atomic mass is 9.93. The monoisotopic (exact) mass is 322 g/mol. The Hall–Kier alpha value is -1.75. The molecule has 0 aliphatic heterocycles. The summed E-state index contributed by atoms with van der Waals surface area (Å²) < 4.78 is 10.6. The molecular weight excluding hydrogens is 292 g/mol. The number of ether oxygens (including phenoxy) is 2. The summed E-state index contributed by atoms with van der Waals surface area (Å²) in [5.74, 6) is 1.61. The second kappa shape index (κ2) is 8.77. The number of benzene rings is 1. The van der Waals surface area contributed by atoms with E-state index < -0.39 is 0 Å². The average Bonchev–Trinajstić information content (AvgIpc) is 2.49. The van der Waals surface area contributed by atoms with Gasteiger partial charge in [-0.1, -0.05) is 13.8 Å². The van der Waals surface area contributed by atoms with Crippen molar-refractivity contribution in [2.24, 2.45) is 5.41 Å². The summed E-state index contributed by atoms with van der Waals surface area (Å²) in [5.41, 5.74) is 1.03. The van der Waals surface area contributed by atoms with Gasteiger partial charge in [-0.25, -0.2) is 0 Å². The highest BCUT2D eigenvalue weighted by molar-refractivity contribution is 5.76. The van der Waals surface area contributed by atoms with Crippen molar-refractivity contribution >= 4 is 5.91 Å². The molecule has 0 bridgehead atoms. The number of hydrogen-bond acceptors (Lipinski definition) is 4. The lowest BCUT2D eigenvalue weighted by Gasteiger charge is -2.28. The fraction of sp³-hybridized carbons (Fsp3) is 0.611. The number of nitrogens with zero attached hydrogens (tertiary/aromatic N) is 1. The maximum atomic E-state index is 12.1. The van der Waals surface area contributed by atoms with Crippen LogP contribution in [0.3, 0.4) is 0 Å². The summed E-state index contributed by atoms with van der Waals surface area (Å²) >= 11 is 0. The van der Waals surface area contributed by atoms with Gasteiger partial charge in [-0.05, 0) is 49.7 Å². The summed E-state index contributed by atoms with van der Waals surface area (Å²) in [6.07, 6.45) is 1.06. The van der Waals surface area contributed by atoms with Crippen LogP contribution >= 0.6 is 0 Å². The second-order valence-corrected chi connectivity index (χ2v) is 6.86. The Labute approximate surface area is 140 Å². The van der Waals surface area contributed by atoms with Crippen molar-refractivity contribution in [1.82, 2.24) is 10.2 Å². The number of amides is 1. The first kappa shape index (κ1) is 19.3. The van der Waals surface area contributed by atoms with Crippen LogP contribution in [0.4, 0.5) is 0 Å². The van der Waals surface area contributed by atoms with E-state index in [9.17, 15) is 4.79 Å². The molecule has 23 heavy (non-hydrogen) atoms. The minimum Gasteiger partial charge on any atom is -0.497 e. The highest BCUT2D eigenvalue weighted by Gasteiger charge is 2.19. The number of hydrogen-bond donors (Lipinski definition) is 1. The normalized spacial score (nSPS) is 11.4. The molecule has 1 aromatic rings. The first-order valence-electron chi connectivity index (χ1n) is 7.90. The number of nitrogens with one attached hydrogen (secondary N) is 1. The number of carbonyl (C=O) groups excluding carboxylic acids is 1. The number of rotatable bonds is 9. The standard InChI is InChI=1S/C18H30N2O3/c1-18(2,13-20(3)4)12-19-17(21)10-7-14-11-15(22-5)8-9-16(14)23-6/h8-9,11H,7,10,12-13H2,1-6H3,(H,19,21). The predicted octanol–water partition coefficient (Wildman–Crippen LogP) is 2.34. The van der Waals surface area contributed by atoms with E-state index in [1.807, 2.05) is 32.3 Å². The van der Waals surface area contributed by atoms with E-state index in [-0.39, 0.29) is 11.3 Å². The maximum absolute atomic E-state index is 12.1. The van der Waals surface area contributed by atoms with Gasteiger partial charge in [0.25, 0.3) is 0 Å². The van der Waals surface area contributed by atoms with Gasteiger partial charge in [0.1, 0.15) is 11.5 Å². The van der Waals surface area contributed by atoms with Crippen molar-refractivity contribution in [3.8, 4) is 11.5 Å². The minimum absolute atomic E-state index is 0.0484. The zero-order valence-corrected chi connectivity index (χ0v) is 15.2. The van der Waals surface area contributed by atoms with Crippen molar-refractivity contribution < 1.29 is 14.3 Å². The summed E-state index contributed by atoms with van der Waals surface area (Å²) in [4.78, 5) is 14.2. The molecule has 0 atom stereocenters. The predicted molar refractivity (Wildman–Crippen MR) is 93.2 cm³/mol. The smallest absolute Gasteiger partial charge is 0.220 e. The molecule has 0 saturated carbocycles. The Kier molecular flexibility index (Phi) is 7.36. The molecule has 130 valence electrons. The summed E-state index contributed by atoms with van der Waals surface area (Å²) in [7, 11) is 7.34. The van der Waals surface area contributed by atoms with Crippen molar-refractivity contribution in [1.29, 1.82) is 0 Å². The fourth-order valence-electron chi connectivity index (χ4n) is 2.66. The Morgan fingerprint density at radius 2 is 1.91 bits per heavy atom. The van der Waals surface area contributed by atoms with E-state index in [1.165, 1.54) is 0 Å². The molecule has 0 saturated heterocycles. The van der Waals surface area contributed by atoms with Crippen molar-refractivity contribution in [3.05, 3.63) is 23.8 Å². The quantitative estimate of drug-likeness (QED) is 0.758. The van der Waals surface area contributed by atoms with E-state index in [2.05, 4.69) is 24.1 Å². The zero-order valence-electron chi connectivity index (χ0n) is 15.2. The van der Waals surface area contributed by atoms with E-state index in [4.69, 9.17) is 9.47 Å². The van der Waals surface area contributed by atoms with Gasteiger partial charge in [0.15, 0.2) is 0 Å². The van der Waals surface area contributed by atoms with E-state index >= 15 is 0 Å². The molecule has 0 aliphatic carbocycles. The molecule has 0 fully saturated rings. The molecule has 0 radical (unpaired) electrons. The summed E-state index contributed by atoms with van der Waals surface area (Å²) in [6.45, 7) is 5.90. The number of aryl methyl sites for hydroxylation is 1. The Bertz CT molecular complexity index is 513. The van der Waals surface area contributed by atoms with Gasteiger partial charge in [0.2, 0.25) is 5.91 Å². The van der Waals surface area contributed by atoms with Gasteiger partial charge in [-0.15, -0.1) is 0 Å². The van der Waals surface area contributed by atoms with Gasteiger partial charge >= 0.3 is 0 Å². The van der Waals surface area contributed by atoms with Crippen LogP contribution < -0.4 is 14.8 Å². The van der Waals surface area contributed by atoms with Gasteiger partial charge in [0, 0.05) is 19.5 Å². The van der Waals surface area contributed by atoms with Crippen LogP contribution in [0, 0.1) is 5.41 Å². The Balaban J connectivity index is 2.53. The molecule has 5 heteroatoms. The molecule has 1 rings (SSSR count). The molecular formula is C18H30N2O3. The van der Waals surface area contributed by atoms with Crippen LogP contribution in [0.1, 0.15) is 25.8 Å². The zero-order chi connectivity index (χ0) is 17.5. The highest BCUT2D eigenvalue weighted by atomic mass is 16.5. The molecule has 0 aromatic heterocycles. The summed E-state index contributed by atoms with van der Waals surface area (Å²) in [5, 5.41) is 3.03. The van der Waals surface area contributed by atoms with Crippen LogP contribution in [0.2, 0.25) is 0 Å². The second-order valence-electron chi connectivity index (χ2n) is 6.86. The van der Waals surface area contributed by atoms with Crippen molar-refractivity contribution in [3.63, 3.8) is 0 Å². The lowest BCUT2D eigenvalue weighted by molar-refractivity contribution is -0.121. The third kappa shape index (κ3) is 6.91. The molecule has 0 unspecified atom stereocenters. The highest BCUT2D eigenvalue weighted by Crippen LogP contribution is 2.25. The van der Waals surface area contributed by atoms with Crippen LogP contribution in [-0.4, -0.2) is 52.2 Å². The average molecular weight is 322 g/mol. The SMILES string of the molecule is COc1ccc(OC)c(CCC(=O)NCC(C)(C)CN(C)C)c1. The molecule has 0 heterocycles. The minimum atomic E-state index is 0.0484. The number of methoxy groups -OCH3 is 2. The summed E-state index contributed by atoms with van der Waals surface area (Å²) in [6, 6.07) is 5.64.